The monoisotopic (exact) mass is 458 g/mol. The number of ketones is 1. The van der Waals surface area contributed by atoms with Gasteiger partial charge in [-0.05, 0) is 86.8 Å². The first kappa shape index (κ1) is 23.0. The molecule has 0 saturated heterocycles. The molecule has 0 spiro atoms. The van der Waals surface area contributed by atoms with Gasteiger partial charge < -0.3 is 9.47 Å². The summed E-state index contributed by atoms with van der Waals surface area (Å²) >= 11 is 0. The third-order valence-electron chi connectivity index (χ3n) is 9.29. The summed E-state index contributed by atoms with van der Waals surface area (Å²) in [6, 6.07) is 9.28. The number of carbonyl (C=O) groups excluding carboxylic acids is 2. The Balaban J connectivity index is 1.39. The lowest BCUT2D eigenvalue weighted by molar-refractivity contribution is -0.172. The molecule has 6 atom stereocenters. The Bertz CT molecular complexity index is 1060. The van der Waals surface area contributed by atoms with Gasteiger partial charge in [0, 0.05) is 11.8 Å². The van der Waals surface area contributed by atoms with Crippen LogP contribution in [0, 0.1) is 41.4 Å². The lowest BCUT2D eigenvalue weighted by Crippen LogP contribution is -2.56. The fourth-order valence-corrected chi connectivity index (χ4v) is 7.94. The highest BCUT2D eigenvalue weighted by molar-refractivity contribution is 5.91. The molecule has 0 amide bonds. The van der Waals surface area contributed by atoms with Crippen molar-refractivity contribution in [3.8, 4) is 18.1 Å². The molecule has 0 radical (unpaired) electrons. The first-order valence-corrected chi connectivity index (χ1v) is 12.7. The smallest absolute Gasteiger partial charge is 0.345 e. The van der Waals surface area contributed by atoms with Gasteiger partial charge in [-0.1, -0.05) is 48.8 Å². The minimum Gasteiger partial charge on any atom is -0.482 e. The van der Waals surface area contributed by atoms with Crippen molar-refractivity contribution in [3.05, 3.63) is 54.1 Å². The lowest BCUT2D eigenvalue weighted by atomic mass is 9.48. The van der Waals surface area contributed by atoms with Gasteiger partial charge in [0.1, 0.15) is 5.75 Å². The summed E-state index contributed by atoms with van der Waals surface area (Å²) in [6.07, 6.45) is 15.0. The van der Waals surface area contributed by atoms with Crippen molar-refractivity contribution >= 4 is 11.8 Å². The topological polar surface area (TPSA) is 52.6 Å². The van der Waals surface area contributed by atoms with Crippen molar-refractivity contribution in [1.82, 2.24) is 0 Å². The number of hydrogen-bond donors (Lipinski definition) is 0. The van der Waals surface area contributed by atoms with Crippen LogP contribution >= 0.6 is 0 Å². The molecule has 0 N–H and O–H groups in total. The number of benzene rings is 1. The first-order valence-electron chi connectivity index (χ1n) is 12.7. The SMILES string of the molecule is C#CC1(OC(=O)COc2ccccc2)CCC2C3CCC4=CC(=O)CCC4C3C(=C)CC21CC. The Kier molecular flexibility index (Phi) is 5.92. The van der Waals surface area contributed by atoms with E-state index >= 15 is 0 Å². The van der Waals surface area contributed by atoms with E-state index in [9.17, 15) is 9.59 Å². The number of carbonyl (C=O) groups is 2. The standard InChI is InChI=1S/C30H34O4/c1-4-29-18-20(3)28-24-14-12-22(31)17-21(24)11-13-25(28)26(29)15-16-30(29,5-2)34-27(32)19-33-23-9-7-6-8-10-23/h2,6-10,17,24-26,28H,3-4,11-16,18-19H2,1H3. The van der Waals surface area contributed by atoms with E-state index in [0.29, 0.717) is 42.3 Å². The van der Waals surface area contributed by atoms with Gasteiger partial charge in [-0.2, -0.15) is 0 Å². The predicted octanol–water partition coefficient (Wildman–Crippen LogP) is 5.68. The van der Waals surface area contributed by atoms with E-state index in [0.717, 1.165) is 38.5 Å². The normalized spacial score (nSPS) is 36.4. The van der Waals surface area contributed by atoms with Crippen molar-refractivity contribution < 1.29 is 19.1 Å². The molecular formula is C30H34O4. The van der Waals surface area contributed by atoms with Gasteiger partial charge in [0.15, 0.2) is 18.0 Å². The fraction of sp³-hybridized carbons (Fsp3) is 0.533. The van der Waals surface area contributed by atoms with Crippen molar-refractivity contribution in [1.29, 1.82) is 0 Å². The van der Waals surface area contributed by atoms with Crippen LogP contribution in [-0.2, 0) is 14.3 Å². The predicted molar refractivity (Wildman–Crippen MR) is 131 cm³/mol. The van der Waals surface area contributed by atoms with E-state index < -0.39 is 11.6 Å². The second-order valence-electron chi connectivity index (χ2n) is 10.6. The summed E-state index contributed by atoms with van der Waals surface area (Å²) in [5, 5.41) is 0. The minimum absolute atomic E-state index is 0.158. The van der Waals surface area contributed by atoms with Crippen LogP contribution in [0.2, 0.25) is 0 Å². The minimum atomic E-state index is -0.934. The second kappa shape index (κ2) is 8.77. The van der Waals surface area contributed by atoms with E-state index in [2.05, 4.69) is 19.4 Å². The van der Waals surface area contributed by atoms with Crippen LogP contribution in [0.15, 0.2) is 54.1 Å². The Labute approximate surface area is 202 Å². The molecule has 4 heteroatoms. The lowest BCUT2D eigenvalue weighted by Gasteiger charge is -2.57. The maximum Gasteiger partial charge on any atom is 0.345 e. The van der Waals surface area contributed by atoms with Crippen LogP contribution in [0.25, 0.3) is 0 Å². The third kappa shape index (κ3) is 3.52. The van der Waals surface area contributed by atoms with E-state index in [1.165, 1.54) is 11.1 Å². The molecule has 4 nitrogen and oxygen atoms in total. The fourth-order valence-electron chi connectivity index (χ4n) is 7.94. The van der Waals surface area contributed by atoms with Crippen LogP contribution in [0.5, 0.6) is 5.75 Å². The van der Waals surface area contributed by atoms with Crippen molar-refractivity contribution in [2.75, 3.05) is 6.61 Å². The molecule has 1 aromatic rings. The number of ether oxygens (including phenoxy) is 2. The number of terminal acetylenes is 1. The average Bonchev–Trinajstić information content (AvgIpc) is 3.17. The highest BCUT2D eigenvalue weighted by atomic mass is 16.6. The van der Waals surface area contributed by atoms with E-state index in [1.54, 1.807) is 0 Å². The van der Waals surface area contributed by atoms with E-state index in [-0.39, 0.29) is 17.8 Å². The molecule has 4 aliphatic rings. The Hall–Kier alpha value is -2.80. The molecule has 0 aliphatic heterocycles. The summed E-state index contributed by atoms with van der Waals surface area (Å²) < 4.78 is 11.8. The van der Waals surface area contributed by atoms with Gasteiger partial charge in [0.05, 0.1) is 0 Å². The largest absolute Gasteiger partial charge is 0.482 e. The Morgan fingerprint density at radius 1 is 1.21 bits per heavy atom. The third-order valence-corrected chi connectivity index (χ3v) is 9.29. The number of hydrogen-bond acceptors (Lipinski definition) is 4. The van der Waals surface area contributed by atoms with E-state index in [1.807, 2.05) is 36.4 Å². The zero-order valence-electron chi connectivity index (χ0n) is 20.1. The van der Waals surface area contributed by atoms with Crippen LogP contribution < -0.4 is 4.74 Å². The first-order chi connectivity index (χ1) is 16.4. The molecule has 4 aliphatic carbocycles. The molecular weight excluding hydrogens is 424 g/mol. The molecule has 3 fully saturated rings. The molecule has 0 bridgehead atoms. The zero-order valence-corrected chi connectivity index (χ0v) is 20.1. The maximum atomic E-state index is 12.9. The van der Waals surface area contributed by atoms with Crippen LogP contribution in [0.1, 0.15) is 58.3 Å². The molecule has 6 unspecified atom stereocenters. The summed E-state index contributed by atoms with van der Waals surface area (Å²) in [5.74, 6) is 5.18. The molecule has 0 heterocycles. The molecule has 34 heavy (non-hydrogen) atoms. The van der Waals surface area contributed by atoms with Crippen LogP contribution in [0.3, 0.4) is 0 Å². The van der Waals surface area contributed by atoms with Crippen molar-refractivity contribution in [3.63, 3.8) is 0 Å². The van der Waals surface area contributed by atoms with Gasteiger partial charge in [0.25, 0.3) is 0 Å². The quantitative estimate of drug-likeness (QED) is 0.324. The molecule has 178 valence electrons. The van der Waals surface area contributed by atoms with Crippen molar-refractivity contribution in [2.24, 2.45) is 29.1 Å². The zero-order chi connectivity index (χ0) is 23.9. The number of para-hydroxylation sites is 1. The second-order valence-corrected chi connectivity index (χ2v) is 10.6. The van der Waals surface area contributed by atoms with Gasteiger partial charge in [-0.15, -0.1) is 6.42 Å². The molecule has 5 rings (SSSR count). The van der Waals surface area contributed by atoms with E-state index in [4.69, 9.17) is 15.9 Å². The molecule has 1 aromatic carbocycles. The highest BCUT2D eigenvalue weighted by Gasteiger charge is 2.66. The maximum absolute atomic E-state index is 12.9. The highest BCUT2D eigenvalue weighted by Crippen LogP contribution is 2.68. The van der Waals surface area contributed by atoms with Crippen LogP contribution in [-0.4, -0.2) is 24.0 Å². The number of esters is 1. The number of fused-ring (bicyclic) bond motifs is 5. The average molecular weight is 459 g/mol. The molecule has 0 aromatic heterocycles. The van der Waals surface area contributed by atoms with Gasteiger partial charge in [0.2, 0.25) is 0 Å². The van der Waals surface area contributed by atoms with Gasteiger partial charge in [-0.25, -0.2) is 4.79 Å². The van der Waals surface area contributed by atoms with Gasteiger partial charge >= 0.3 is 5.97 Å². The van der Waals surface area contributed by atoms with Crippen LogP contribution in [0.4, 0.5) is 0 Å². The Morgan fingerprint density at radius 2 is 2.00 bits per heavy atom. The Morgan fingerprint density at radius 3 is 2.74 bits per heavy atom. The number of rotatable bonds is 5. The summed E-state index contributed by atoms with van der Waals surface area (Å²) in [6.45, 7) is 6.59. The number of allylic oxidation sites excluding steroid dienone is 2. The molecule has 3 saturated carbocycles. The summed E-state index contributed by atoms with van der Waals surface area (Å²) in [4.78, 5) is 25.0. The summed E-state index contributed by atoms with van der Waals surface area (Å²) in [5.41, 5.74) is 1.32. The van der Waals surface area contributed by atoms with Gasteiger partial charge in [-0.3, -0.25) is 4.79 Å². The summed E-state index contributed by atoms with van der Waals surface area (Å²) in [7, 11) is 0. The van der Waals surface area contributed by atoms with Crippen molar-refractivity contribution in [2.45, 2.75) is 63.9 Å².